The molecule has 0 atom stereocenters. The Morgan fingerprint density at radius 3 is 1.63 bits per heavy atom. The van der Waals surface area contributed by atoms with Gasteiger partial charge in [0.1, 0.15) is 5.65 Å². The molecule has 0 saturated carbocycles. The maximum absolute atomic E-state index is 2.45. The van der Waals surface area contributed by atoms with Crippen molar-refractivity contribution in [3.8, 4) is 11.1 Å². The highest BCUT2D eigenvalue weighted by Crippen LogP contribution is 2.47. The molecule has 3 heterocycles. The van der Waals surface area contributed by atoms with Crippen molar-refractivity contribution in [1.82, 2.24) is 8.80 Å². The highest BCUT2D eigenvalue weighted by atomic mass is 15.2. The van der Waals surface area contributed by atoms with Crippen molar-refractivity contribution in [1.29, 1.82) is 0 Å². The molecule has 0 bridgehead atoms. The summed E-state index contributed by atoms with van der Waals surface area (Å²) in [5.41, 5.74) is 12.0. The highest BCUT2D eigenvalue weighted by molar-refractivity contribution is 6.27. The minimum Gasteiger partial charge on any atom is -0.310 e. The number of nitrogens with zero attached hydrogens (tertiary/aromatic N) is 3. The maximum Gasteiger partial charge on any atom is 0.131 e. The summed E-state index contributed by atoms with van der Waals surface area (Å²) in [6.07, 6.45) is 0. The molecule has 0 amide bonds. The predicted molar refractivity (Wildman–Crippen MR) is 172 cm³/mol. The van der Waals surface area contributed by atoms with Crippen LogP contribution >= 0.6 is 0 Å². The van der Waals surface area contributed by atoms with E-state index in [1.165, 1.54) is 60.7 Å². The van der Waals surface area contributed by atoms with Gasteiger partial charge in [-0.3, -0.25) is 8.80 Å². The molecule has 0 fully saturated rings. The molecule has 0 N–H and O–H groups in total. The Bertz CT molecular complexity index is 2340. The summed E-state index contributed by atoms with van der Waals surface area (Å²) in [6.45, 7) is 0. The van der Waals surface area contributed by atoms with Gasteiger partial charge in [-0.1, -0.05) is 97.1 Å². The molecule has 9 aromatic rings. The number of imidazole rings is 1. The summed E-state index contributed by atoms with van der Waals surface area (Å²) in [6, 6.07) is 54.5. The molecule has 0 unspecified atom stereocenters. The van der Waals surface area contributed by atoms with Crippen LogP contribution in [0, 0.1) is 0 Å². The Kier molecular flexibility index (Phi) is 4.61. The van der Waals surface area contributed by atoms with Crippen molar-refractivity contribution in [2.75, 3.05) is 4.90 Å². The molecule has 192 valence electrons. The van der Waals surface area contributed by atoms with Crippen LogP contribution in [0.4, 0.5) is 17.1 Å². The molecule has 0 saturated heterocycles. The molecule has 0 radical (unpaired) electrons. The lowest BCUT2D eigenvalue weighted by Crippen LogP contribution is -2.10. The van der Waals surface area contributed by atoms with Crippen LogP contribution in [-0.4, -0.2) is 8.80 Å². The Morgan fingerprint density at radius 2 is 0.902 bits per heavy atom. The van der Waals surface area contributed by atoms with E-state index in [9.17, 15) is 0 Å². The topological polar surface area (TPSA) is 12.1 Å². The zero-order valence-corrected chi connectivity index (χ0v) is 22.3. The van der Waals surface area contributed by atoms with E-state index < -0.39 is 0 Å². The summed E-state index contributed by atoms with van der Waals surface area (Å²) in [4.78, 5) is 2.40. The summed E-state index contributed by atoms with van der Waals surface area (Å²) < 4.78 is 4.89. The van der Waals surface area contributed by atoms with Crippen LogP contribution in [0.3, 0.4) is 0 Å². The highest BCUT2D eigenvalue weighted by Gasteiger charge is 2.26. The molecule has 6 aromatic carbocycles. The van der Waals surface area contributed by atoms with Crippen LogP contribution in [0.2, 0.25) is 0 Å². The maximum atomic E-state index is 2.45. The second-order valence-electron chi connectivity index (χ2n) is 10.6. The van der Waals surface area contributed by atoms with Crippen molar-refractivity contribution in [2.45, 2.75) is 0 Å². The molecular formula is C38H25N3. The van der Waals surface area contributed by atoms with Crippen LogP contribution in [0.25, 0.3) is 55.0 Å². The molecular weight excluding hydrogens is 498 g/mol. The van der Waals surface area contributed by atoms with Crippen LogP contribution < -0.4 is 4.90 Å². The van der Waals surface area contributed by atoms with Gasteiger partial charge >= 0.3 is 0 Å². The molecule has 0 spiro atoms. The number of benzene rings is 6. The zero-order valence-electron chi connectivity index (χ0n) is 22.3. The molecule has 9 rings (SSSR count). The third-order valence-electron chi connectivity index (χ3n) is 8.42. The van der Waals surface area contributed by atoms with Gasteiger partial charge in [0.15, 0.2) is 0 Å². The second-order valence-corrected chi connectivity index (χ2v) is 10.6. The van der Waals surface area contributed by atoms with Crippen LogP contribution in [0.5, 0.6) is 0 Å². The van der Waals surface area contributed by atoms with Gasteiger partial charge in [-0.25, -0.2) is 0 Å². The van der Waals surface area contributed by atoms with Crippen molar-refractivity contribution in [3.63, 3.8) is 0 Å². The van der Waals surface area contributed by atoms with Gasteiger partial charge in [-0.15, -0.1) is 0 Å². The van der Waals surface area contributed by atoms with Crippen molar-refractivity contribution in [2.24, 2.45) is 0 Å². The van der Waals surface area contributed by atoms with E-state index >= 15 is 0 Å². The fraction of sp³-hybridized carbons (Fsp3) is 0. The number of aromatic nitrogens is 2. The van der Waals surface area contributed by atoms with E-state index in [2.05, 4.69) is 165 Å². The van der Waals surface area contributed by atoms with E-state index in [1.807, 2.05) is 0 Å². The lowest BCUT2D eigenvalue weighted by molar-refractivity contribution is 1.28. The van der Waals surface area contributed by atoms with Gasteiger partial charge in [0, 0.05) is 27.5 Å². The minimum atomic E-state index is 1.13. The number of hydrogen-bond acceptors (Lipinski definition) is 1. The third-order valence-corrected chi connectivity index (χ3v) is 8.42. The number of anilines is 3. The Hall–Kier alpha value is -5.54. The quantitative estimate of drug-likeness (QED) is 0.223. The summed E-state index contributed by atoms with van der Waals surface area (Å²) in [5.74, 6) is 0. The zero-order chi connectivity index (χ0) is 26.9. The monoisotopic (exact) mass is 523 g/mol. The molecule has 0 aliphatic rings. The SMILES string of the molecule is c1ccc(-c2ccc(N(c3ccccc3)c3cccc4c3c3c5ccccc5n5c6ccccc6n4c35)cc2)cc1. The van der Waals surface area contributed by atoms with E-state index in [4.69, 9.17) is 0 Å². The van der Waals surface area contributed by atoms with Gasteiger partial charge in [0.25, 0.3) is 0 Å². The Morgan fingerprint density at radius 1 is 0.366 bits per heavy atom. The third kappa shape index (κ3) is 3.09. The van der Waals surface area contributed by atoms with E-state index in [0.29, 0.717) is 0 Å². The van der Waals surface area contributed by atoms with Gasteiger partial charge in [-0.05, 0) is 65.7 Å². The standard InChI is InChI=1S/C38H25N3/c1-3-12-26(13-4-1)27-22-24-29(25-23-27)39(28-14-5-2-6-15-28)34-20-11-21-35-37(34)36-30-16-7-8-17-31(30)40-32-18-9-10-19-33(32)41(35)38(36)40/h1-25H. The fourth-order valence-corrected chi connectivity index (χ4v) is 6.72. The van der Waals surface area contributed by atoms with E-state index in [1.54, 1.807) is 0 Å². The lowest BCUT2D eigenvalue weighted by Gasteiger charge is -2.26. The number of rotatable bonds is 4. The molecule has 3 nitrogen and oxygen atoms in total. The molecule has 41 heavy (non-hydrogen) atoms. The van der Waals surface area contributed by atoms with Crippen LogP contribution in [-0.2, 0) is 0 Å². The van der Waals surface area contributed by atoms with E-state index in [-0.39, 0.29) is 0 Å². The number of fused-ring (bicyclic) bond motifs is 9. The smallest absolute Gasteiger partial charge is 0.131 e. The first kappa shape index (κ1) is 22.3. The molecule has 0 aliphatic carbocycles. The number of para-hydroxylation sites is 4. The van der Waals surface area contributed by atoms with Crippen molar-refractivity contribution >= 4 is 60.9 Å². The molecule has 3 aromatic heterocycles. The first-order valence-electron chi connectivity index (χ1n) is 14.1. The normalized spacial score (nSPS) is 11.9. The van der Waals surface area contributed by atoms with Crippen LogP contribution in [0.15, 0.2) is 152 Å². The first-order valence-corrected chi connectivity index (χ1v) is 14.1. The fourth-order valence-electron chi connectivity index (χ4n) is 6.72. The average molecular weight is 524 g/mol. The summed E-state index contributed by atoms with van der Waals surface area (Å²) in [5, 5.41) is 3.84. The molecule has 0 aliphatic heterocycles. The Labute approximate surface area is 237 Å². The van der Waals surface area contributed by atoms with Gasteiger partial charge in [0.05, 0.1) is 27.8 Å². The second kappa shape index (κ2) is 8.48. The summed E-state index contributed by atoms with van der Waals surface area (Å²) in [7, 11) is 0. The van der Waals surface area contributed by atoms with Crippen molar-refractivity contribution in [3.05, 3.63) is 152 Å². The first-order chi connectivity index (χ1) is 20.4. The predicted octanol–water partition coefficient (Wildman–Crippen LogP) is 10.2. The number of hydrogen-bond donors (Lipinski definition) is 0. The minimum absolute atomic E-state index is 1.13. The lowest BCUT2D eigenvalue weighted by atomic mass is 10.0. The largest absolute Gasteiger partial charge is 0.310 e. The van der Waals surface area contributed by atoms with E-state index in [0.717, 1.165) is 11.4 Å². The van der Waals surface area contributed by atoms with Gasteiger partial charge < -0.3 is 4.90 Å². The summed E-state index contributed by atoms with van der Waals surface area (Å²) >= 11 is 0. The van der Waals surface area contributed by atoms with Gasteiger partial charge in [-0.2, -0.15) is 0 Å². The van der Waals surface area contributed by atoms with Crippen LogP contribution in [0.1, 0.15) is 0 Å². The van der Waals surface area contributed by atoms with Crippen molar-refractivity contribution < 1.29 is 0 Å². The molecule has 3 heteroatoms. The average Bonchev–Trinajstić information content (AvgIpc) is 3.68. The Balaban J connectivity index is 1.38. The van der Waals surface area contributed by atoms with Gasteiger partial charge in [0.2, 0.25) is 0 Å².